The van der Waals surface area contributed by atoms with Crippen molar-refractivity contribution in [2.45, 2.75) is 13.0 Å². The van der Waals surface area contributed by atoms with Crippen LogP contribution in [0.4, 0.5) is 5.69 Å². The summed E-state index contributed by atoms with van der Waals surface area (Å²) in [4.78, 5) is 19.2. The summed E-state index contributed by atoms with van der Waals surface area (Å²) in [5, 5.41) is 8.82. The molecule has 5 heteroatoms. The Morgan fingerprint density at radius 3 is 2.61 bits per heavy atom. The van der Waals surface area contributed by atoms with Gasteiger partial charge in [0.15, 0.2) is 0 Å². The summed E-state index contributed by atoms with van der Waals surface area (Å²) in [7, 11) is 4.19. The average Bonchev–Trinajstić information content (AvgIpc) is 2.71. The van der Waals surface area contributed by atoms with E-state index in [9.17, 15) is 4.79 Å². The van der Waals surface area contributed by atoms with Crippen LogP contribution in [-0.2, 0) is 0 Å². The van der Waals surface area contributed by atoms with Gasteiger partial charge in [0.05, 0.1) is 11.9 Å². The molecule has 1 aliphatic heterocycles. The zero-order valence-corrected chi connectivity index (χ0v) is 11.0. The van der Waals surface area contributed by atoms with Gasteiger partial charge < -0.3 is 14.9 Å². The Kier molecular flexibility index (Phi) is 3.52. The van der Waals surface area contributed by atoms with Crippen molar-refractivity contribution in [1.29, 1.82) is 0 Å². The van der Waals surface area contributed by atoms with Gasteiger partial charge in [-0.25, -0.2) is 9.78 Å². The van der Waals surface area contributed by atoms with Gasteiger partial charge in [0, 0.05) is 19.1 Å². The van der Waals surface area contributed by atoms with E-state index in [1.54, 1.807) is 12.3 Å². The first-order valence-corrected chi connectivity index (χ1v) is 6.09. The Labute approximate surface area is 107 Å². The Hall–Kier alpha value is -1.62. The van der Waals surface area contributed by atoms with Gasteiger partial charge in [0.25, 0.3) is 0 Å². The maximum absolute atomic E-state index is 10.7. The van der Waals surface area contributed by atoms with Crippen LogP contribution in [0.3, 0.4) is 0 Å². The monoisotopic (exact) mass is 249 g/mol. The zero-order valence-electron chi connectivity index (χ0n) is 11.0. The number of carboxylic acid groups (broad SMARTS) is 1. The molecule has 0 aromatic carbocycles. The second-order valence-electron chi connectivity index (χ2n) is 5.12. The molecule has 1 aromatic heterocycles. The Morgan fingerprint density at radius 2 is 2.17 bits per heavy atom. The lowest BCUT2D eigenvalue weighted by Gasteiger charge is -2.22. The predicted molar refractivity (Wildman–Crippen MR) is 70.0 cm³/mol. The van der Waals surface area contributed by atoms with Gasteiger partial charge in [-0.3, -0.25) is 0 Å². The van der Waals surface area contributed by atoms with Crippen molar-refractivity contribution < 1.29 is 9.90 Å². The lowest BCUT2D eigenvalue weighted by atomic mass is 10.1. The van der Waals surface area contributed by atoms with Gasteiger partial charge in [0.1, 0.15) is 5.69 Å². The predicted octanol–water partition coefficient (Wildman–Crippen LogP) is 1.17. The van der Waals surface area contributed by atoms with Crippen LogP contribution < -0.4 is 4.90 Å². The summed E-state index contributed by atoms with van der Waals surface area (Å²) in [5.41, 5.74) is 1.09. The normalized spacial score (nSPS) is 23.7. The zero-order chi connectivity index (χ0) is 13.3. The second-order valence-corrected chi connectivity index (χ2v) is 5.12. The fourth-order valence-corrected chi connectivity index (χ4v) is 2.53. The van der Waals surface area contributed by atoms with Crippen molar-refractivity contribution in [2.24, 2.45) is 5.92 Å². The maximum atomic E-state index is 10.7. The van der Waals surface area contributed by atoms with E-state index in [2.05, 4.69) is 35.8 Å². The number of likely N-dealkylation sites (N-methyl/N-ethyl adjacent to an activating group) is 1. The Morgan fingerprint density at radius 1 is 1.44 bits per heavy atom. The summed E-state index contributed by atoms with van der Waals surface area (Å²) < 4.78 is 0. The molecule has 2 unspecified atom stereocenters. The number of aromatic carboxylic acids is 1. The molecule has 0 bridgehead atoms. The standard InChI is InChI=1S/C13H19N3O2/c1-9-7-16(8-12(9)15(2)3)10-4-5-11(13(17)18)14-6-10/h4-6,9,12H,7-8H2,1-3H3,(H,17,18). The van der Waals surface area contributed by atoms with E-state index in [0.717, 1.165) is 18.8 Å². The minimum atomic E-state index is -0.984. The van der Waals surface area contributed by atoms with E-state index in [-0.39, 0.29) is 5.69 Å². The summed E-state index contributed by atoms with van der Waals surface area (Å²) in [6, 6.07) is 3.93. The first kappa shape index (κ1) is 12.8. The fourth-order valence-electron chi connectivity index (χ4n) is 2.53. The SMILES string of the molecule is CC1CN(c2ccc(C(=O)O)nc2)CC1N(C)C. The molecule has 5 nitrogen and oxygen atoms in total. The molecular formula is C13H19N3O2. The minimum Gasteiger partial charge on any atom is -0.477 e. The third-order valence-corrected chi connectivity index (χ3v) is 3.57. The molecule has 1 fully saturated rings. The summed E-state index contributed by atoms with van der Waals surface area (Å²) >= 11 is 0. The fraction of sp³-hybridized carbons (Fsp3) is 0.538. The molecule has 0 saturated carbocycles. The van der Waals surface area contributed by atoms with Crippen molar-refractivity contribution in [2.75, 3.05) is 32.1 Å². The lowest BCUT2D eigenvalue weighted by Crippen LogP contribution is -2.34. The van der Waals surface area contributed by atoms with Crippen LogP contribution in [0.5, 0.6) is 0 Å². The van der Waals surface area contributed by atoms with Crippen LogP contribution in [0.1, 0.15) is 17.4 Å². The number of nitrogens with zero attached hydrogens (tertiary/aromatic N) is 3. The summed E-state index contributed by atoms with van der Waals surface area (Å²) in [6.07, 6.45) is 1.65. The molecule has 2 rings (SSSR count). The van der Waals surface area contributed by atoms with Gasteiger partial charge in [-0.05, 0) is 32.1 Å². The number of anilines is 1. The first-order chi connectivity index (χ1) is 8.49. The lowest BCUT2D eigenvalue weighted by molar-refractivity contribution is 0.0690. The van der Waals surface area contributed by atoms with Gasteiger partial charge in [0.2, 0.25) is 0 Å². The van der Waals surface area contributed by atoms with E-state index in [0.29, 0.717) is 12.0 Å². The molecule has 2 heterocycles. The average molecular weight is 249 g/mol. The molecule has 0 spiro atoms. The van der Waals surface area contributed by atoms with Gasteiger partial charge in [-0.1, -0.05) is 6.92 Å². The molecule has 98 valence electrons. The Balaban J connectivity index is 2.11. The highest BCUT2D eigenvalue weighted by Gasteiger charge is 2.31. The molecule has 1 aliphatic rings. The van der Waals surface area contributed by atoms with Crippen LogP contribution in [0, 0.1) is 5.92 Å². The number of carbonyl (C=O) groups is 1. The largest absolute Gasteiger partial charge is 0.477 e. The van der Waals surface area contributed by atoms with Crippen LogP contribution in [0.15, 0.2) is 18.3 Å². The third kappa shape index (κ3) is 2.46. The molecule has 0 aliphatic carbocycles. The number of carboxylic acids is 1. The minimum absolute atomic E-state index is 0.0927. The maximum Gasteiger partial charge on any atom is 0.354 e. The van der Waals surface area contributed by atoms with E-state index in [1.807, 2.05) is 6.07 Å². The van der Waals surface area contributed by atoms with Crippen molar-refractivity contribution >= 4 is 11.7 Å². The highest BCUT2D eigenvalue weighted by Crippen LogP contribution is 2.25. The number of rotatable bonds is 3. The smallest absolute Gasteiger partial charge is 0.354 e. The van der Waals surface area contributed by atoms with Crippen molar-refractivity contribution in [1.82, 2.24) is 9.88 Å². The summed E-state index contributed by atoms with van der Waals surface area (Å²) in [5.74, 6) is -0.387. The van der Waals surface area contributed by atoms with E-state index in [1.165, 1.54) is 0 Å². The van der Waals surface area contributed by atoms with E-state index < -0.39 is 5.97 Å². The molecule has 0 amide bonds. The molecule has 1 saturated heterocycles. The van der Waals surface area contributed by atoms with Crippen LogP contribution in [-0.4, -0.2) is 54.2 Å². The van der Waals surface area contributed by atoms with E-state index >= 15 is 0 Å². The molecule has 1 aromatic rings. The quantitative estimate of drug-likeness (QED) is 0.871. The summed E-state index contributed by atoms with van der Waals surface area (Å²) in [6.45, 7) is 4.18. The van der Waals surface area contributed by atoms with Crippen LogP contribution in [0.25, 0.3) is 0 Å². The highest BCUT2D eigenvalue weighted by molar-refractivity contribution is 5.85. The molecule has 2 atom stereocenters. The molecule has 18 heavy (non-hydrogen) atoms. The molecular weight excluding hydrogens is 230 g/mol. The third-order valence-electron chi connectivity index (χ3n) is 3.57. The number of hydrogen-bond donors (Lipinski definition) is 1. The van der Waals surface area contributed by atoms with Crippen LogP contribution in [0.2, 0.25) is 0 Å². The number of aromatic nitrogens is 1. The van der Waals surface area contributed by atoms with Gasteiger partial charge in [-0.2, -0.15) is 0 Å². The Bertz CT molecular complexity index is 430. The number of pyridine rings is 1. The van der Waals surface area contributed by atoms with Crippen molar-refractivity contribution in [3.8, 4) is 0 Å². The van der Waals surface area contributed by atoms with E-state index in [4.69, 9.17) is 5.11 Å². The van der Waals surface area contributed by atoms with Gasteiger partial charge in [-0.15, -0.1) is 0 Å². The molecule has 1 N–H and O–H groups in total. The van der Waals surface area contributed by atoms with Crippen molar-refractivity contribution in [3.05, 3.63) is 24.0 Å². The van der Waals surface area contributed by atoms with Crippen molar-refractivity contribution in [3.63, 3.8) is 0 Å². The molecule has 0 radical (unpaired) electrons. The van der Waals surface area contributed by atoms with Gasteiger partial charge >= 0.3 is 5.97 Å². The first-order valence-electron chi connectivity index (χ1n) is 6.09. The topological polar surface area (TPSA) is 56.7 Å². The van der Waals surface area contributed by atoms with Crippen LogP contribution >= 0.6 is 0 Å². The highest BCUT2D eigenvalue weighted by atomic mass is 16.4. The number of hydrogen-bond acceptors (Lipinski definition) is 4. The second kappa shape index (κ2) is 4.94.